The molecule has 3 heteroatoms. The fourth-order valence-corrected chi connectivity index (χ4v) is 2.27. The molecule has 0 saturated heterocycles. The quantitative estimate of drug-likeness (QED) is 0.589. The van der Waals surface area contributed by atoms with Gasteiger partial charge in [0.2, 0.25) is 0 Å². The van der Waals surface area contributed by atoms with Gasteiger partial charge in [-0.3, -0.25) is 0 Å². The average Bonchev–Trinajstić information content (AvgIpc) is 2.50. The summed E-state index contributed by atoms with van der Waals surface area (Å²) in [5.74, 6) is 1.75. The minimum atomic E-state index is 0.875. The highest BCUT2D eigenvalue weighted by Gasteiger charge is 1.98. The van der Waals surface area contributed by atoms with Crippen molar-refractivity contribution in [1.29, 1.82) is 0 Å². The Morgan fingerprint density at radius 2 is 1.55 bits per heavy atom. The van der Waals surface area contributed by atoms with Crippen LogP contribution in [0.3, 0.4) is 0 Å². The molecule has 106 valence electrons. The van der Waals surface area contributed by atoms with Gasteiger partial charge in [-0.2, -0.15) is 0 Å². The third kappa shape index (κ3) is 4.58. The largest absolute Gasteiger partial charge is 0.457 e. The summed E-state index contributed by atoms with van der Waals surface area (Å²) in [5.41, 5.74) is 1.28. The fourth-order valence-electron chi connectivity index (χ4n) is 1.86. The third-order valence-corrected chi connectivity index (χ3v) is 3.72. The van der Waals surface area contributed by atoms with Crippen molar-refractivity contribution in [2.45, 2.75) is 24.8 Å². The lowest BCUT2D eigenvalue weighted by atomic mass is 10.2. The molecule has 2 aromatic rings. The number of nitrogens with one attached hydrogen (secondary N) is 1. The summed E-state index contributed by atoms with van der Waals surface area (Å²) in [5, 5.41) is 3.39. The summed E-state index contributed by atoms with van der Waals surface area (Å²) in [6.45, 7) is 4.14. The van der Waals surface area contributed by atoms with Crippen LogP contribution in [0, 0.1) is 0 Å². The normalized spacial score (nSPS) is 10.5. The molecule has 0 aliphatic carbocycles. The van der Waals surface area contributed by atoms with Crippen LogP contribution in [0.4, 0.5) is 0 Å². The van der Waals surface area contributed by atoms with Gasteiger partial charge in [-0.15, -0.1) is 11.8 Å². The highest BCUT2D eigenvalue weighted by molar-refractivity contribution is 7.98. The Hall–Kier alpha value is -1.45. The second-order valence-electron chi connectivity index (χ2n) is 4.60. The SMILES string of the molecule is CCCNCc1ccc(Oc2ccc(SC)cc2)cc1. The van der Waals surface area contributed by atoms with Crippen LogP contribution in [-0.4, -0.2) is 12.8 Å². The maximum absolute atomic E-state index is 5.83. The number of hydrogen-bond donors (Lipinski definition) is 1. The summed E-state index contributed by atoms with van der Waals surface area (Å²) in [7, 11) is 0. The van der Waals surface area contributed by atoms with E-state index < -0.39 is 0 Å². The molecule has 0 atom stereocenters. The summed E-state index contributed by atoms with van der Waals surface area (Å²) in [6, 6.07) is 16.4. The Bertz CT molecular complexity index is 508. The Morgan fingerprint density at radius 3 is 2.10 bits per heavy atom. The van der Waals surface area contributed by atoms with Crippen molar-refractivity contribution >= 4 is 11.8 Å². The maximum atomic E-state index is 5.83. The van der Waals surface area contributed by atoms with E-state index in [1.807, 2.05) is 24.3 Å². The van der Waals surface area contributed by atoms with Crippen LogP contribution in [0.1, 0.15) is 18.9 Å². The maximum Gasteiger partial charge on any atom is 0.127 e. The minimum absolute atomic E-state index is 0.875. The first-order valence-corrected chi connectivity index (χ1v) is 8.16. The van der Waals surface area contributed by atoms with Crippen LogP contribution < -0.4 is 10.1 Å². The van der Waals surface area contributed by atoms with Crippen molar-refractivity contribution in [3.8, 4) is 11.5 Å². The molecule has 0 spiro atoms. The van der Waals surface area contributed by atoms with E-state index >= 15 is 0 Å². The molecule has 0 bridgehead atoms. The van der Waals surface area contributed by atoms with E-state index in [0.717, 1.165) is 31.0 Å². The van der Waals surface area contributed by atoms with E-state index in [2.05, 4.69) is 42.8 Å². The van der Waals surface area contributed by atoms with Gasteiger partial charge in [-0.25, -0.2) is 0 Å². The smallest absolute Gasteiger partial charge is 0.127 e. The molecule has 2 aromatic carbocycles. The number of ether oxygens (including phenoxy) is 1. The van der Waals surface area contributed by atoms with Gasteiger partial charge >= 0.3 is 0 Å². The predicted molar refractivity (Wildman–Crippen MR) is 86.7 cm³/mol. The van der Waals surface area contributed by atoms with E-state index in [0.29, 0.717) is 0 Å². The molecule has 20 heavy (non-hydrogen) atoms. The first kappa shape index (κ1) is 14.9. The van der Waals surface area contributed by atoms with Crippen molar-refractivity contribution in [3.63, 3.8) is 0 Å². The van der Waals surface area contributed by atoms with Crippen LogP contribution in [0.25, 0.3) is 0 Å². The number of hydrogen-bond acceptors (Lipinski definition) is 3. The van der Waals surface area contributed by atoms with E-state index in [1.54, 1.807) is 11.8 Å². The molecule has 2 nitrogen and oxygen atoms in total. The van der Waals surface area contributed by atoms with E-state index in [9.17, 15) is 0 Å². The van der Waals surface area contributed by atoms with Crippen LogP contribution in [0.15, 0.2) is 53.4 Å². The van der Waals surface area contributed by atoms with Gasteiger partial charge in [0.05, 0.1) is 0 Å². The molecule has 0 amide bonds. The molecule has 2 rings (SSSR count). The van der Waals surface area contributed by atoms with Crippen molar-refractivity contribution in [2.24, 2.45) is 0 Å². The van der Waals surface area contributed by atoms with Crippen molar-refractivity contribution in [3.05, 3.63) is 54.1 Å². The van der Waals surface area contributed by atoms with E-state index in [-0.39, 0.29) is 0 Å². The summed E-state index contributed by atoms with van der Waals surface area (Å²) in [4.78, 5) is 1.25. The summed E-state index contributed by atoms with van der Waals surface area (Å²) < 4.78 is 5.83. The molecule has 0 radical (unpaired) electrons. The van der Waals surface area contributed by atoms with Gasteiger partial charge in [-0.1, -0.05) is 19.1 Å². The second-order valence-corrected chi connectivity index (χ2v) is 5.48. The topological polar surface area (TPSA) is 21.3 Å². The van der Waals surface area contributed by atoms with Gasteiger partial charge in [0.1, 0.15) is 11.5 Å². The lowest BCUT2D eigenvalue weighted by molar-refractivity contribution is 0.482. The summed E-state index contributed by atoms with van der Waals surface area (Å²) in [6.07, 6.45) is 3.23. The molecule has 0 aliphatic rings. The van der Waals surface area contributed by atoms with Gasteiger partial charge < -0.3 is 10.1 Å². The highest BCUT2D eigenvalue weighted by Crippen LogP contribution is 2.24. The Labute approximate surface area is 125 Å². The van der Waals surface area contributed by atoms with E-state index in [4.69, 9.17) is 4.74 Å². The van der Waals surface area contributed by atoms with E-state index in [1.165, 1.54) is 10.5 Å². The average molecular weight is 287 g/mol. The van der Waals surface area contributed by atoms with Crippen molar-refractivity contribution in [2.75, 3.05) is 12.8 Å². The zero-order valence-corrected chi connectivity index (χ0v) is 12.9. The van der Waals surface area contributed by atoms with Crippen LogP contribution in [0.2, 0.25) is 0 Å². The first-order chi connectivity index (χ1) is 9.81. The third-order valence-electron chi connectivity index (χ3n) is 2.97. The molecule has 0 saturated carbocycles. The molecule has 0 aliphatic heterocycles. The number of rotatable bonds is 7. The molecule has 0 heterocycles. The molecular formula is C17H21NOS. The predicted octanol–water partition coefficient (Wildman–Crippen LogP) is 4.70. The van der Waals surface area contributed by atoms with Gasteiger partial charge in [-0.05, 0) is 61.2 Å². The van der Waals surface area contributed by atoms with Crippen molar-refractivity contribution < 1.29 is 4.74 Å². The Kier molecular flexibility index (Phi) is 5.96. The zero-order chi connectivity index (χ0) is 14.2. The number of thioether (sulfide) groups is 1. The zero-order valence-electron chi connectivity index (χ0n) is 12.1. The Balaban J connectivity index is 1.92. The lowest BCUT2D eigenvalue weighted by Crippen LogP contribution is -2.13. The summed E-state index contributed by atoms with van der Waals surface area (Å²) >= 11 is 1.73. The molecule has 1 N–H and O–H groups in total. The van der Waals surface area contributed by atoms with Crippen LogP contribution >= 0.6 is 11.8 Å². The molecular weight excluding hydrogens is 266 g/mol. The minimum Gasteiger partial charge on any atom is -0.457 e. The first-order valence-electron chi connectivity index (χ1n) is 6.93. The van der Waals surface area contributed by atoms with Gasteiger partial charge in [0.15, 0.2) is 0 Å². The molecule has 0 unspecified atom stereocenters. The van der Waals surface area contributed by atoms with Gasteiger partial charge in [0.25, 0.3) is 0 Å². The molecule has 0 aromatic heterocycles. The van der Waals surface area contributed by atoms with Crippen LogP contribution in [-0.2, 0) is 6.54 Å². The second kappa shape index (κ2) is 7.98. The van der Waals surface area contributed by atoms with Crippen LogP contribution in [0.5, 0.6) is 11.5 Å². The fraction of sp³-hybridized carbons (Fsp3) is 0.294. The lowest BCUT2D eigenvalue weighted by Gasteiger charge is -2.08. The molecule has 0 fully saturated rings. The standard InChI is InChI=1S/C17H21NOS/c1-3-12-18-13-14-4-6-15(7-5-14)19-16-8-10-17(20-2)11-9-16/h4-11,18H,3,12-13H2,1-2H3. The monoisotopic (exact) mass is 287 g/mol. The highest BCUT2D eigenvalue weighted by atomic mass is 32.2. The number of benzene rings is 2. The van der Waals surface area contributed by atoms with Crippen molar-refractivity contribution in [1.82, 2.24) is 5.32 Å². The van der Waals surface area contributed by atoms with Gasteiger partial charge in [0, 0.05) is 11.4 Å². The Morgan fingerprint density at radius 1 is 0.950 bits per heavy atom.